The molecule has 2 aliphatic rings. The number of rotatable bonds is 4. The van der Waals surface area contributed by atoms with Crippen molar-refractivity contribution in [3.63, 3.8) is 0 Å². The first-order valence-corrected chi connectivity index (χ1v) is 10.3. The maximum Gasteiger partial charge on any atom is 0.258 e. The van der Waals surface area contributed by atoms with Crippen molar-refractivity contribution in [1.29, 1.82) is 0 Å². The minimum Gasteiger partial charge on any atom is -0.340 e. The van der Waals surface area contributed by atoms with Crippen molar-refractivity contribution in [3.8, 4) is 0 Å². The van der Waals surface area contributed by atoms with E-state index in [1.54, 1.807) is 16.7 Å². The van der Waals surface area contributed by atoms with Crippen molar-refractivity contribution in [3.05, 3.63) is 33.7 Å². The summed E-state index contributed by atoms with van der Waals surface area (Å²) in [5, 5.41) is 5.45. The summed E-state index contributed by atoms with van der Waals surface area (Å²) in [6.07, 6.45) is 5.21. The zero-order valence-corrected chi connectivity index (χ0v) is 14.9. The van der Waals surface area contributed by atoms with Gasteiger partial charge in [-0.05, 0) is 19.3 Å². The van der Waals surface area contributed by atoms with Gasteiger partial charge in [-0.25, -0.2) is 4.98 Å². The Balaban J connectivity index is 1.33. The number of fused-ring (bicyclic) bond motifs is 3. The minimum absolute atomic E-state index is 0.0576. The van der Waals surface area contributed by atoms with Crippen molar-refractivity contribution in [2.75, 3.05) is 18.8 Å². The Kier molecular flexibility index (Phi) is 4.60. The molecular formula is C16H20N4O2S2. The predicted octanol–water partition coefficient (Wildman–Crippen LogP) is 1.34. The first kappa shape index (κ1) is 16.1. The van der Waals surface area contributed by atoms with E-state index >= 15 is 0 Å². The van der Waals surface area contributed by atoms with Crippen molar-refractivity contribution < 1.29 is 4.79 Å². The van der Waals surface area contributed by atoms with Crippen molar-refractivity contribution in [1.82, 2.24) is 19.6 Å². The third kappa shape index (κ3) is 3.36. The molecule has 6 nitrogen and oxygen atoms in total. The zero-order valence-electron chi connectivity index (χ0n) is 13.3. The second-order valence-electron chi connectivity index (χ2n) is 6.40. The molecule has 0 radical (unpaired) electrons. The van der Waals surface area contributed by atoms with Crippen LogP contribution in [0.1, 0.15) is 25.0 Å². The molecule has 2 aromatic rings. The fraction of sp³-hybridized carbons (Fsp3) is 0.562. The second kappa shape index (κ2) is 6.85. The molecule has 2 atom stereocenters. The molecule has 2 bridgehead atoms. The van der Waals surface area contributed by atoms with Gasteiger partial charge in [-0.3, -0.25) is 14.0 Å². The van der Waals surface area contributed by atoms with Crippen molar-refractivity contribution >= 4 is 34.0 Å². The van der Waals surface area contributed by atoms with Crippen LogP contribution in [0.2, 0.25) is 0 Å². The van der Waals surface area contributed by atoms with Gasteiger partial charge in [-0.2, -0.15) is 0 Å². The number of carbonyl (C=O) groups excluding carboxylic acids is 1. The summed E-state index contributed by atoms with van der Waals surface area (Å²) in [4.78, 5) is 31.6. The quantitative estimate of drug-likeness (QED) is 0.887. The summed E-state index contributed by atoms with van der Waals surface area (Å²) in [7, 11) is 0. The van der Waals surface area contributed by atoms with Gasteiger partial charge < -0.3 is 10.2 Å². The van der Waals surface area contributed by atoms with Gasteiger partial charge in [0.2, 0.25) is 5.91 Å². The average molecular weight is 364 g/mol. The molecule has 0 aliphatic carbocycles. The van der Waals surface area contributed by atoms with Gasteiger partial charge in [0.1, 0.15) is 0 Å². The van der Waals surface area contributed by atoms with E-state index in [2.05, 4.69) is 10.3 Å². The first-order chi connectivity index (χ1) is 11.7. The number of aromatic nitrogens is 2. The van der Waals surface area contributed by atoms with E-state index in [0.29, 0.717) is 28.6 Å². The molecule has 1 N–H and O–H groups in total. The Morgan fingerprint density at radius 3 is 3.17 bits per heavy atom. The molecule has 0 spiro atoms. The molecule has 8 heteroatoms. The van der Waals surface area contributed by atoms with Gasteiger partial charge in [0.25, 0.3) is 5.56 Å². The summed E-state index contributed by atoms with van der Waals surface area (Å²) in [5.74, 6) is 1.24. The number of amides is 1. The minimum atomic E-state index is -0.0576. The summed E-state index contributed by atoms with van der Waals surface area (Å²) in [6, 6.07) is 2.62. The summed E-state index contributed by atoms with van der Waals surface area (Å²) < 4.78 is 1.54. The Hall–Kier alpha value is -1.38. The lowest BCUT2D eigenvalue weighted by Crippen LogP contribution is -2.39. The van der Waals surface area contributed by atoms with E-state index in [0.717, 1.165) is 25.2 Å². The number of hydrogen-bond acceptors (Lipinski definition) is 6. The molecule has 2 fully saturated rings. The van der Waals surface area contributed by atoms with Gasteiger partial charge in [0, 0.05) is 48.6 Å². The standard InChI is InChI=1S/C16H20N4O2S2/c21-14-7-13(18-16-20(14)5-6-24-16)9-23-10-15(22)19-4-3-11-1-2-12(8-19)17-11/h5-7,11-12,17H,1-4,8-10H2. The molecule has 4 heterocycles. The van der Waals surface area contributed by atoms with Crippen LogP contribution in [0, 0.1) is 0 Å². The first-order valence-electron chi connectivity index (χ1n) is 8.26. The highest BCUT2D eigenvalue weighted by Gasteiger charge is 2.30. The molecule has 2 aliphatic heterocycles. The van der Waals surface area contributed by atoms with Crippen LogP contribution in [0.25, 0.3) is 4.96 Å². The highest BCUT2D eigenvalue weighted by Crippen LogP contribution is 2.21. The highest BCUT2D eigenvalue weighted by molar-refractivity contribution is 7.99. The molecule has 24 heavy (non-hydrogen) atoms. The summed E-state index contributed by atoms with van der Waals surface area (Å²) in [6.45, 7) is 1.69. The van der Waals surface area contributed by atoms with Crippen LogP contribution in [0.5, 0.6) is 0 Å². The smallest absolute Gasteiger partial charge is 0.258 e. The SMILES string of the molecule is O=C(CSCc1cc(=O)n2ccsc2n1)N1CCC2CCC(C1)N2. The average Bonchev–Trinajstić information content (AvgIpc) is 3.14. The maximum atomic E-state index is 12.4. The largest absolute Gasteiger partial charge is 0.340 e. The fourth-order valence-corrected chi connectivity index (χ4v) is 5.02. The number of carbonyl (C=O) groups is 1. The molecule has 2 saturated heterocycles. The van der Waals surface area contributed by atoms with Crippen LogP contribution in [0.3, 0.4) is 0 Å². The summed E-state index contributed by atoms with van der Waals surface area (Å²) >= 11 is 2.98. The third-order valence-electron chi connectivity index (χ3n) is 4.71. The Morgan fingerprint density at radius 1 is 1.38 bits per heavy atom. The molecule has 4 rings (SSSR count). The molecule has 2 unspecified atom stereocenters. The van der Waals surface area contributed by atoms with E-state index in [1.165, 1.54) is 35.9 Å². The van der Waals surface area contributed by atoms with Gasteiger partial charge in [0.05, 0.1) is 11.4 Å². The monoisotopic (exact) mass is 364 g/mol. The molecule has 1 amide bonds. The van der Waals surface area contributed by atoms with E-state index < -0.39 is 0 Å². The van der Waals surface area contributed by atoms with Crippen molar-refractivity contribution in [2.24, 2.45) is 0 Å². The van der Waals surface area contributed by atoms with Crippen LogP contribution in [0.15, 0.2) is 22.4 Å². The molecule has 128 valence electrons. The molecule has 0 aromatic carbocycles. The van der Waals surface area contributed by atoms with E-state index in [1.807, 2.05) is 10.3 Å². The van der Waals surface area contributed by atoms with Gasteiger partial charge >= 0.3 is 0 Å². The Bertz CT molecular complexity index is 803. The molecule has 2 aromatic heterocycles. The number of thioether (sulfide) groups is 1. The molecular weight excluding hydrogens is 344 g/mol. The number of nitrogens with zero attached hydrogens (tertiary/aromatic N) is 3. The van der Waals surface area contributed by atoms with Crippen LogP contribution in [-0.2, 0) is 10.5 Å². The van der Waals surface area contributed by atoms with Gasteiger partial charge in [0.15, 0.2) is 4.96 Å². The van der Waals surface area contributed by atoms with Crippen LogP contribution in [-0.4, -0.2) is 51.1 Å². The van der Waals surface area contributed by atoms with E-state index in [-0.39, 0.29) is 11.5 Å². The number of likely N-dealkylation sites (tertiary alicyclic amines) is 1. The lowest BCUT2D eigenvalue weighted by Gasteiger charge is -2.24. The van der Waals surface area contributed by atoms with E-state index in [4.69, 9.17) is 0 Å². The van der Waals surface area contributed by atoms with Crippen molar-refractivity contribution in [2.45, 2.75) is 37.1 Å². The van der Waals surface area contributed by atoms with Crippen LogP contribution in [0.4, 0.5) is 0 Å². The van der Waals surface area contributed by atoms with Crippen LogP contribution < -0.4 is 10.9 Å². The third-order valence-corrected chi connectivity index (χ3v) is 6.42. The number of hydrogen-bond donors (Lipinski definition) is 1. The summed E-state index contributed by atoms with van der Waals surface area (Å²) in [5.41, 5.74) is 0.689. The predicted molar refractivity (Wildman–Crippen MR) is 96.6 cm³/mol. The lowest BCUT2D eigenvalue weighted by molar-refractivity contribution is -0.128. The zero-order chi connectivity index (χ0) is 16.5. The topological polar surface area (TPSA) is 66.7 Å². The fourth-order valence-electron chi connectivity index (χ4n) is 3.47. The maximum absolute atomic E-state index is 12.4. The number of thiazole rings is 1. The van der Waals surface area contributed by atoms with Gasteiger partial charge in [-0.1, -0.05) is 0 Å². The normalized spacial score (nSPS) is 23.6. The molecule has 0 saturated carbocycles. The lowest BCUT2D eigenvalue weighted by atomic mass is 10.1. The van der Waals surface area contributed by atoms with Gasteiger partial charge in [-0.15, -0.1) is 23.1 Å². The second-order valence-corrected chi connectivity index (χ2v) is 8.26. The highest BCUT2D eigenvalue weighted by atomic mass is 32.2. The number of nitrogens with one attached hydrogen (secondary N) is 1. The van der Waals surface area contributed by atoms with Crippen LogP contribution >= 0.6 is 23.1 Å². The Labute approximate surface area is 148 Å². The van der Waals surface area contributed by atoms with E-state index in [9.17, 15) is 9.59 Å². The Morgan fingerprint density at radius 2 is 2.25 bits per heavy atom.